The lowest BCUT2D eigenvalue weighted by Gasteiger charge is -2.21. The number of benzene rings is 1. The molecule has 2 rings (SSSR count). The number of aryl methyl sites for hydroxylation is 2. The van der Waals surface area contributed by atoms with Gasteiger partial charge in [-0.3, -0.25) is 4.79 Å². The number of nitrogens with one attached hydrogen (secondary N) is 2. The summed E-state index contributed by atoms with van der Waals surface area (Å²) in [6, 6.07) is 6.20. The van der Waals surface area contributed by atoms with Gasteiger partial charge in [-0.1, -0.05) is 18.2 Å². The highest BCUT2D eigenvalue weighted by Gasteiger charge is 2.18. The zero-order chi connectivity index (χ0) is 15.6. The molecule has 0 radical (unpaired) electrons. The number of hydrogen-bond donors (Lipinski definition) is 2. The summed E-state index contributed by atoms with van der Waals surface area (Å²) in [7, 11) is 0. The Hall–Kier alpha value is -2.01. The van der Waals surface area contributed by atoms with Crippen molar-refractivity contribution < 1.29 is 4.39 Å². The van der Waals surface area contributed by atoms with Crippen LogP contribution in [0.15, 0.2) is 29.1 Å². The molecule has 0 fully saturated rings. The lowest BCUT2D eigenvalue weighted by atomic mass is 10.0. The number of nitrogens with zero attached hydrogens (tertiary/aromatic N) is 1. The summed E-state index contributed by atoms with van der Waals surface area (Å²) < 4.78 is 13.8. The van der Waals surface area contributed by atoms with Gasteiger partial charge >= 0.3 is 0 Å². The van der Waals surface area contributed by atoms with Crippen LogP contribution in [0.4, 0.5) is 4.39 Å². The molecule has 1 aromatic carbocycles. The van der Waals surface area contributed by atoms with Crippen LogP contribution in [0.2, 0.25) is 0 Å². The highest BCUT2D eigenvalue weighted by atomic mass is 19.1. The van der Waals surface area contributed by atoms with Crippen molar-refractivity contribution in [1.82, 2.24) is 15.3 Å². The zero-order valence-electron chi connectivity index (χ0n) is 12.7. The molecule has 0 bridgehead atoms. The van der Waals surface area contributed by atoms with E-state index in [0.29, 0.717) is 22.6 Å². The van der Waals surface area contributed by atoms with E-state index in [1.165, 1.54) is 6.07 Å². The first-order chi connectivity index (χ1) is 9.90. The van der Waals surface area contributed by atoms with E-state index in [-0.39, 0.29) is 23.5 Å². The summed E-state index contributed by atoms with van der Waals surface area (Å²) in [6.45, 7) is 7.31. The van der Waals surface area contributed by atoms with E-state index >= 15 is 0 Å². The highest BCUT2D eigenvalue weighted by molar-refractivity contribution is 5.23. The Balaban J connectivity index is 2.25. The van der Waals surface area contributed by atoms with Gasteiger partial charge in [-0.15, -0.1) is 0 Å². The van der Waals surface area contributed by atoms with Crippen molar-refractivity contribution in [3.8, 4) is 0 Å². The van der Waals surface area contributed by atoms with Gasteiger partial charge in [0.05, 0.1) is 5.56 Å². The second-order valence-corrected chi connectivity index (χ2v) is 5.28. The first kappa shape index (κ1) is 15.4. The van der Waals surface area contributed by atoms with Gasteiger partial charge in [-0.25, -0.2) is 9.37 Å². The third-order valence-corrected chi connectivity index (χ3v) is 3.57. The highest BCUT2D eigenvalue weighted by Crippen LogP contribution is 2.20. The second-order valence-electron chi connectivity index (χ2n) is 5.28. The third-order valence-electron chi connectivity index (χ3n) is 3.57. The number of rotatable bonds is 4. The molecule has 0 saturated heterocycles. The number of halogens is 1. The molecule has 2 N–H and O–H groups in total. The lowest BCUT2D eigenvalue weighted by molar-refractivity contribution is 0.469. The Morgan fingerprint density at radius 3 is 2.48 bits per heavy atom. The molecular weight excluding hydrogens is 269 g/mol. The van der Waals surface area contributed by atoms with Crippen molar-refractivity contribution in [2.45, 2.75) is 39.8 Å². The molecule has 0 aliphatic heterocycles. The van der Waals surface area contributed by atoms with Gasteiger partial charge in [0.2, 0.25) is 0 Å². The Morgan fingerprint density at radius 2 is 1.86 bits per heavy atom. The minimum absolute atomic E-state index is 0.152. The smallest absolute Gasteiger partial charge is 0.255 e. The van der Waals surface area contributed by atoms with Gasteiger partial charge in [0.25, 0.3) is 5.56 Å². The fraction of sp³-hybridized carbons (Fsp3) is 0.375. The van der Waals surface area contributed by atoms with Crippen molar-refractivity contribution in [2.24, 2.45) is 0 Å². The van der Waals surface area contributed by atoms with E-state index in [1.54, 1.807) is 25.1 Å². The standard InChI is InChI=1S/C16H20FN3O/c1-9(13-7-5-6-8-14(13)17)18-10(2)15-11(3)19-12(4)20-16(15)21/h5-10,18H,1-4H3,(H,19,20,21). The van der Waals surface area contributed by atoms with E-state index in [4.69, 9.17) is 0 Å². The van der Waals surface area contributed by atoms with Crippen LogP contribution in [-0.2, 0) is 0 Å². The molecule has 2 atom stereocenters. The predicted octanol–water partition coefficient (Wildman–Crippen LogP) is 2.94. The maximum Gasteiger partial charge on any atom is 0.255 e. The summed E-state index contributed by atoms with van der Waals surface area (Å²) >= 11 is 0. The normalized spacial score (nSPS) is 14.0. The quantitative estimate of drug-likeness (QED) is 0.910. The van der Waals surface area contributed by atoms with Gasteiger partial charge in [0, 0.05) is 23.3 Å². The van der Waals surface area contributed by atoms with Crippen LogP contribution in [0, 0.1) is 19.7 Å². The second kappa shape index (κ2) is 6.18. The number of aromatic nitrogens is 2. The number of H-pyrrole nitrogens is 1. The molecule has 0 saturated carbocycles. The molecule has 21 heavy (non-hydrogen) atoms. The van der Waals surface area contributed by atoms with Gasteiger partial charge < -0.3 is 10.3 Å². The monoisotopic (exact) mass is 289 g/mol. The Labute approximate surface area is 123 Å². The fourth-order valence-corrected chi connectivity index (χ4v) is 2.62. The molecule has 5 heteroatoms. The maximum absolute atomic E-state index is 13.8. The van der Waals surface area contributed by atoms with Crippen LogP contribution in [-0.4, -0.2) is 9.97 Å². The summed E-state index contributed by atoms with van der Waals surface area (Å²) in [5.41, 5.74) is 1.71. The molecule has 1 aromatic heterocycles. The largest absolute Gasteiger partial charge is 0.310 e. The third kappa shape index (κ3) is 3.36. The van der Waals surface area contributed by atoms with Crippen molar-refractivity contribution in [1.29, 1.82) is 0 Å². The SMILES string of the molecule is Cc1nc(C)c(C(C)NC(C)c2ccccc2F)c(=O)[nH]1. The Morgan fingerprint density at radius 1 is 1.19 bits per heavy atom. The van der Waals surface area contributed by atoms with Crippen LogP contribution in [0.5, 0.6) is 0 Å². The van der Waals surface area contributed by atoms with E-state index in [2.05, 4.69) is 15.3 Å². The minimum Gasteiger partial charge on any atom is -0.310 e. The van der Waals surface area contributed by atoms with Crippen LogP contribution in [0.1, 0.15) is 48.6 Å². The molecule has 0 aliphatic carbocycles. The van der Waals surface area contributed by atoms with Crippen LogP contribution in [0.25, 0.3) is 0 Å². The van der Waals surface area contributed by atoms with Crippen LogP contribution in [0.3, 0.4) is 0 Å². The molecular formula is C16H20FN3O. The van der Waals surface area contributed by atoms with E-state index in [9.17, 15) is 9.18 Å². The zero-order valence-corrected chi connectivity index (χ0v) is 12.7. The average molecular weight is 289 g/mol. The Kier molecular flexibility index (Phi) is 4.53. The molecule has 4 nitrogen and oxygen atoms in total. The lowest BCUT2D eigenvalue weighted by Crippen LogP contribution is -2.30. The van der Waals surface area contributed by atoms with Gasteiger partial charge in [0.15, 0.2) is 0 Å². The number of aromatic amines is 1. The summed E-state index contributed by atoms with van der Waals surface area (Å²) in [4.78, 5) is 19.1. The maximum atomic E-state index is 13.8. The molecule has 2 aromatic rings. The van der Waals surface area contributed by atoms with Crippen molar-refractivity contribution in [3.63, 3.8) is 0 Å². The molecule has 112 valence electrons. The first-order valence-electron chi connectivity index (χ1n) is 6.98. The van der Waals surface area contributed by atoms with Gasteiger partial charge in [-0.2, -0.15) is 0 Å². The first-order valence-corrected chi connectivity index (χ1v) is 6.98. The fourth-order valence-electron chi connectivity index (χ4n) is 2.62. The minimum atomic E-state index is -0.252. The van der Waals surface area contributed by atoms with E-state index in [1.807, 2.05) is 20.8 Å². The molecule has 1 heterocycles. The molecule has 0 spiro atoms. The topological polar surface area (TPSA) is 57.8 Å². The van der Waals surface area contributed by atoms with Gasteiger partial charge in [0.1, 0.15) is 11.6 Å². The molecule has 0 aliphatic rings. The van der Waals surface area contributed by atoms with Crippen LogP contribution >= 0.6 is 0 Å². The van der Waals surface area contributed by atoms with Gasteiger partial charge in [-0.05, 0) is 33.8 Å². The summed E-state index contributed by atoms with van der Waals surface area (Å²) in [5.74, 6) is 0.341. The Bertz CT molecular complexity index is 696. The average Bonchev–Trinajstić information content (AvgIpc) is 2.37. The molecule has 0 amide bonds. The summed E-state index contributed by atoms with van der Waals surface area (Å²) in [5, 5.41) is 3.25. The summed E-state index contributed by atoms with van der Waals surface area (Å²) in [6.07, 6.45) is 0. The van der Waals surface area contributed by atoms with E-state index in [0.717, 1.165) is 0 Å². The van der Waals surface area contributed by atoms with Crippen molar-refractivity contribution in [2.75, 3.05) is 0 Å². The van der Waals surface area contributed by atoms with Crippen molar-refractivity contribution in [3.05, 3.63) is 63.1 Å². The van der Waals surface area contributed by atoms with Crippen molar-refractivity contribution >= 4 is 0 Å². The van der Waals surface area contributed by atoms with Crippen LogP contribution < -0.4 is 10.9 Å². The molecule has 2 unspecified atom stereocenters. The number of hydrogen-bond acceptors (Lipinski definition) is 3. The predicted molar refractivity (Wildman–Crippen MR) is 80.7 cm³/mol. The van der Waals surface area contributed by atoms with E-state index < -0.39 is 0 Å².